The molecule has 1 saturated heterocycles. The number of nitrogens with zero attached hydrogens (tertiary/aromatic N) is 1. The number of likely N-dealkylation sites (tertiary alicyclic amines) is 1. The fraction of sp³-hybridized carbons (Fsp3) is 0.588. The molecule has 4 nitrogen and oxygen atoms in total. The third-order valence-electron chi connectivity index (χ3n) is 4.04. The maximum Gasteiger partial charge on any atom is 0.255 e. The monoisotopic (exact) mass is 322 g/mol. The van der Waals surface area contributed by atoms with Gasteiger partial charge in [-0.05, 0) is 63.4 Å². The molecule has 1 fully saturated rings. The minimum atomic E-state index is -0.0526. The zero-order chi connectivity index (χ0) is 15.8. The van der Waals surface area contributed by atoms with Gasteiger partial charge in [0.1, 0.15) is 5.75 Å². The smallest absolute Gasteiger partial charge is 0.255 e. The van der Waals surface area contributed by atoms with E-state index in [1.165, 1.54) is 32.4 Å². The Bertz CT molecular complexity index is 488. The predicted octanol–water partition coefficient (Wildman–Crippen LogP) is 3.02. The third-order valence-corrected chi connectivity index (χ3v) is 4.76. The van der Waals surface area contributed by atoms with Crippen LogP contribution in [0.15, 0.2) is 23.1 Å². The molecule has 1 aliphatic heterocycles. The molecule has 122 valence electrons. The highest BCUT2D eigenvalue weighted by atomic mass is 32.2. The van der Waals surface area contributed by atoms with Crippen LogP contribution in [0.2, 0.25) is 0 Å². The fourth-order valence-corrected chi connectivity index (χ4v) is 3.20. The van der Waals surface area contributed by atoms with Crippen molar-refractivity contribution in [3.05, 3.63) is 23.8 Å². The van der Waals surface area contributed by atoms with E-state index in [9.17, 15) is 4.79 Å². The first-order valence-electron chi connectivity index (χ1n) is 7.97. The van der Waals surface area contributed by atoms with Crippen LogP contribution < -0.4 is 10.1 Å². The normalized spacial score (nSPS) is 15.5. The first-order valence-corrected chi connectivity index (χ1v) is 9.19. The van der Waals surface area contributed by atoms with Crippen molar-refractivity contribution in [3.8, 4) is 5.75 Å². The summed E-state index contributed by atoms with van der Waals surface area (Å²) in [5, 5.41) is 3.00. The molecule has 2 rings (SSSR count). The highest BCUT2D eigenvalue weighted by Gasteiger charge is 2.13. The summed E-state index contributed by atoms with van der Waals surface area (Å²) in [6, 6.07) is 5.70. The molecule has 0 atom stereocenters. The zero-order valence-corrected chi connectivity index (χ0v) is 14.4. The van der Waals surface area contributed by atoms with Crippen molar-refractivity contribution in [3.63, 3.8) is 0 Å². The molecule has 1 heterocycles. The predicted molar refractivity (Wildman–Crippen MR) is 92.0 cm³/mol. The summed E-state index contributed by atoms with van der Waals surface area (Å²) in [6.07, 6.45) is 6.99. The second-order valence-corrected chi connectivity index (χ2v) is 6.46. The molecule has 1 aromatic rings. The molecule has 1 aliphatic rings. The van der Waals surface area contributed by atoms with Crippen LogP contribution in [0, 0.1) is 0 Å². The lowest BCUT2D eigenvalue weighted by Gasteiger charge is -2.26. The molecule has 0 aromatic heterocycles. The van der Waals surface area contributed by atoms with Gasteiger partial charge in [-0.25, -0.2) is 0 Å². The molecule has 0 unspecified atom stereocenters. The highest BCUT2D eigenvalue weighted by Crippen LogP contribution is 2.25. The molecule has 0 radical (unpaired) electrons. The van der Waals surface area contributed by atoms with Crippen molar-refractivity contribution in [2.75, 3.05) is 39.5 Å². The Hall–Kier alpha value is -1.20. The minimum absolute atomic E-state index is 0.0526. The maximum atomic E-state index is 12.3. The van der Waals surface area contributed by atoms with Crippen LogP contribution in [0.25, 0.3) is 0 Å². The summed E-state index contributed by atoms with van der Waals surface area (Å²) in [5.74, 6) is 0.587. The molecule has 0 bridgehead atoms. The highest BCUT2D eigenvalue weighted by molar-refractivity contribution is 7.98. The van der Waals surface area contributed by atoms with E-state index in [0.29, 0.717) is 17.9 Å². The Balaban J connectivity index is 1.79. The van der Waals surface area contributed by atoms with E-state index in [1.54, 1.807) is 18.9 Å². The van der Waals surface area contributed by atoms with E-state index in [1.807, 2.05) is 24.5 Å². The average molecular weight is 322 g/mol. The van der Waals surface area contributed by atoms with Crippen LogP contribution in [-0.2, 0) is 0 Å². The Morgan fingerprint density at radius 3 is 2.77 bits per heavy atom. The molecule has 1 aromatic carbocycles. The summed E-state index contributed by atoms with van der Waals surface area (Å²) < 4.78 is 5.33. The first-order chi connectivity index (χ1) is 10.7. The van der Waals surface area contributed by atoms with Gasteiger partial charge in [-0.3, -0.25) is 4.79 Å². The molecular weight excluding hydrogens is 296 g/mol. The van der Waals surface area contributed by atoms with Crippen LogP contribution >= 0.6 is 11.8 Å². The number of thioether (sulfide) groups is 1. The lowest BCUT2D eigenvalue weighted by atomic mass is 10.1. The zero-order valence-electron chi connectivity index (χ0n) is 13.6. The molecule has 0 aliphatic carbocycles. The second kappa shape index (κ2) is 9.06. The molecule has 0 saturated carbocycles. The quantitative estimate of drug-likeness (QED) is 0.619. The van der Waals surface area contributed by atoms with Crippen LogP contribution in [0.1, 0.15) is 36.0 Å². The second-order valence-electron chi connectivity index (χ2n) is 5.58. The molecule has 0 spiro atoms. The lowest BCUT2D eigenvalue weighted by Crippen LogP contribution is -2.33. The van der Waals surface area contributed by atoms with Gasteiger partial charge in [-0.15, -0.1) is 11.8 Å². The van der Waals surface area contributed by atoms with Crippen LogP contribution in [0.5, 0.6) is 5.75 Å². The maximum absolute atomic E-state index is 12.3. The largest absolute Gasteiger partial charge is 0.496 e. The van der Waals surface area contributed by atoms with Crippen molar-refractivity contribution in [2.24, 2.45) is 0 Å². The van der Waals surface area contributed by atoms with E-state index < -0.39 is 0 Å². The van der Waals surface area contributed by atoms with Gasteiger partial charge in [-0.2, -0.15) is 0 Å². The van der Waals surface area contributed by atoms with Gasteiger partial charge in [0, 0.05) is 11.4 Å². The molecular formula is C17H26N2O2S. The van der Waals surface area contributed by atoms with Crippen molar-refractivity contribution < 1.29 is 9.53 Å². The van der Waals surface area contributed by atoms with Crippen LogP contribution in [-0.4, -0.2) is 50.4 Å². The third kappa shape index (κ3) is 4.92. The summed E-state index contributed by atoms with van der Waals surface area (Å²) in [4.78, 5) is 15.8. The minimum Gasteiger partial charge on any atom is -0.496 e. The summed E-state index contributed by atoms with van der Waals surface area (Å²) in [7, 11) is 1.60. The molecule has 1 amide bonds. The van der Waals surface area contributed by atoms with Crippen molar-refractivity contribution in [1.82, 2.24) is 10.2 Å². The first kappa shape index (κ1) is 17.2. The number of amides is 1. The van der Waals surface area contributed by atoms with Crippen molar-refractivity contribution >= 4 is 17.7 Å². The van der Waals surface area contributed by atoms with Gasteiger partial charge in [0.15, 0.2) is 0 Å². The number of methoxy groups -OCH3 is 1. The summed E-state index contributed by atoms with van der Waals surface area (Å²) in [5.41, 5.74) is 0.610. The number of benzene rings is 1. The van der Waals surface area contributed by atoms with Gasteiger partial charge in [0.25, 0.3) is 5.91 Å². The van der Waals surface area contributed by atoms with E-state index >= 15 is 0 Å². The van der Waals surface area contributed by atoms with Crippen molar-refractivity contribution in [1.29, 1.82) is 0 Å². The van der Waals surface area contributed by atoms with E-state index in [-0.39, 0.29) is 5.91 Å². The standard InChI is InChI=1S/C17H26N2O2S/c1-21-16-13-14(22-2)7-8-15(16)17(20)18-9-6-12-19-10-4-3-5-11-19/h7-8,13H,3-6,9-12H2,1-2H3,(H,18,20). The Labute approximate surface area is 137 Å². The number of hydrogen-bond donors (Lipinski definition) is 1. The molecule has 1 N–H and O–H groups in total. The Morgan fingerprint density at radius 2 is 2.09 bits per heavy atom. The Kier molecular flexibility index (Phi) is 7.06. The van der Waals surface area contributed by atoms with Gasteiger partial charge < -0.3 is 15.0 Å². The van der Waals surface area contributed by atoms with Gasteiger partial charge >= 0.3 is 0 Å². The number of carbonyl (C=O) groups is 1. The summed E-state index contributed by atoms with van der Waals surface area (Å²) in [6.45, 7) is 4.20. The van der Waals surface area contributed by atoms with Crippen LogP contribution in [0.4, 0.5) is 0 Å². The van der Waals surface area contributed by atoms with E-state index in [0.717, 1.165) is 17.9 Å². The van der Waals surface area contributed by atoms with Gasteiger partial charge in [0.2, 0.25) is 0 Å². The van der Waals surface area contributed by atoms with E-state index in [2.05, 4.69) is 10.2 Å². The molecule has 5 heteroatoms. The SMILES string of the molecule is COc1cc(SC)ccc1C(=O)NCCCN1CCCCC1. The number of carbonyl (C=O) groups excluding carboxylic acids is 1. The number of rotatable bonds is 7. The number of piperidine rings is 1. The summed E-state index contributed by atoms with van der Waals surface area (Å²) >= 11 is 1.64. The molecule has 22 heavy (non-hydrogen) atoms. The van der Waals surface area contributed by atoms with Gasteiger partial charge in [-0.1, -0.05) is 6.42 Å². The lowest BCUT2D eigenvalue weighted by molar-refractivity contribution is 0.0948. The van der Waals surface area contributed by atoms with Crippen molar-refractivity contribution in [2.45, 2.75) is 30.6 Å². The van der Waals surface area contributed by atoms with Gasteiger partial charge in [0.05, 0.1) is 12.7 Å². The van der Waals surface area contributed by atoms with E-state index in [4.69, 9.17) is 4.74 Å². The topological polar surface area (TPSA) is 41.6 Å². The van der Waals surface area contributed by atoms with Crippen LogP contribution in [0.3, 0.4) is 0 Å². The number of nitrogens with one attached hydrogen (secondary N) is 1. The fourth-order valence-electron chi connectivity index (χ4n) is 2.77. The average Bonchev–Trinajstić information content (AvgIpc) is 2.58. The number of ether oxygens (including phenoxy) is 1. The Morgan fingerprint density at radius 1 is 1.32 bits per heavy atom. The number of hydrogen-bond acceptors (Lipinski definition) is 4.